The van der Waals surface area contributed by atoms with Gasteiger partial charge < -0.3 is 14.2 Å². The number of rotatable bonds is 5. The van der Waals surface area contributed by atoms with Gasteiger partial charge in [-0.15, -0.1) is 0 Å². The molecule has 2 fully saturated rings. The summed E-state index contributed by atoms with van der Waals surface area (Å²) < 4.78 is 45.3. The lowest BCUT2D eigenvalue weighted by atomic mass is 9.75. The highest BCUT2D eigenvalue weighted by Crippen LogP contribution is 2.42. The Kier molecular flexibility index (Phi) is 6.44. The lowest BCUT2D eigenvalue weighted by molar-refractivity contribution is -0.143. The Morgan fingerprint density at radius 1 is 1.03 bits per heavy atom. The predicted molar refractivity (Wildman–Crippen MR) is 116 cm³/mol. The maximum absolute atomic E-state index is 13.4. The summed E-state index contributed by atoms with van der Waals surface area (Å²) in [4.78, 5) is 55.6. The van der Waals surface area contributed by atoms with E-state index in [-0.39, 0.29) is 56.4 Å². The molecule has 1 atom stereocenters. The lowest BCUT2D eigenvalue weighted by Gasteiger charge is -2.36. The van der Waals surface area contributed by atoms with E-state index >= 15 is 0 Å². The van der Waals surface area contributed by atoms with Gasteiger partial charge in [0.25, 0.3) is 5.91 Å². The van der Waals surface area contributed by atoms with Crippen molar-refractivity contribution in [2.75, 3.05) is 32.7 Å². The van der Waals surface area contributed by atoms with E-state index in [0.717, 1.165) is 17.0 Å². The number of hydrogen-bond donors (Lipinski definition) is 0. The number of benzene rings is 1. The monoisotopic (exact) mass is 491 g/mol. The number of furan rings is 1. The van der Waals surface area contributed by atoms with E-state index in [4.69, 9.17) is 4.42 Å². The molecule has 2 saturated heterocycles. The van der Waals surface area contributed by atoms with E-state index in [1.165, 1.54) is 28.2 Å². The fraction of sp³-hybridized carbons (Fsp3) is 0.417. The number of likely N-dealkylation sites (N-methyl/N-ethyl adjacent to an activating group) is 1. The summed E-state index contributed by atoms with van der Waals surface area (Å²) in [5, 5.41) is 0. The summed E-state index contributed by atoms with van der Waals surface area (Å²) in [7, 11) is 0. The van der Waals surface area contributed by atoms with Crippen molar-refractivity contribution in [3.05, 3.63) is 59.5 Å². The zero-order valence-electron chi connectivity index (χ0n) is 19.0. The van der Waals surface area contributed by atoms with Crippen molar-refractivity contribution in [1.82, 2.24) is 14.7 Å². The molecule has 2 aliphatic heterocycles. The molecule has 0 spiro atoms. The Morgan fingerprint density at radius 3 is 2.29 bits per heavy atom. The number of likely N-dealkylation sites (tertiary alicyclic amines) is 1. The molecule has 8 nitrogen and oxygen atoms in total. The van der Waals surface area contributed by atoms with Crippen molar-refractivity contribution in [3.63, 3.8) is 0 Å². The largest absolute Gasteiger partial charge is 0.459 e. The molecule has 2 aliphatic rings. The van der Waals surface area contributed by atoms with Crippen LogP contribution in [0.15, 0.2) is 47.1 Å². The van der Waals surface area contributed by atoms with Gasteiger partial charge in [-0.1, -0.05) is 18.2 Å². The molecule has 2 aromatic rings. The molecule has 0 radical (unpaired) electrons. The summed E-state index contributed by atoms with van der Waals surface area (Å²) in [6.45, 7) is 2.48. The molecule has 0 N–H and O–H groups in total. The molecule has 4 amide bonds. The van der Waals surface area contributed by atoms with Crippen LogP contribution in [-0.4, -0.2) is 71.1 Å². The van der Waals surface area contributed by atoms with E-state index in [2.05, 4.69) is 0 Å². The van der Waals surface area contributed by atoms with Gasteiger partial charge in [-0.25, -0.2) is 0 Å². The Bertz CT molecular complexity index is 1140. The third kappa shape index (κ3) is 4.54. The van der Waals surface area contributed by atoms with Crippen LogP contribution in [0, 0.1) is 0 Å². The van der Waals surface area contributed by atoms with Crippen molar-refractivity contribution in [2.24, 2.45) is 0 Å². The van der Waals surface area contributed by atoms with Crippen molar-refractivity contribution < 1.29 is 36.8 Å². The summed E-state index contributed by atoms with van der Waals surface area (Å²) >= 11 is 0. The third-order valence-corrected chi connectivity index (χ3v) is 6.57. The smallest absolute Gasteiger partial charge is 0.416 e. The number of halogens is 3. The van der Waals surface area contributed by atoms with E-state index < -0.39 is 41.3 Å². The number of alkyl halides is 3. The number of amides is 4. The van der Waals surface area contributed by atoms with Crippen molar-refractivity contribution in [1.29, 1.82) is 0 Å². The van der Waals surface area contributed by atoms with E-state index in [1.54, 1.807) is 19.1 Å². The summed E-state index contributed by atoms with van der Waals surface area (Å²) in [6, 6.07) is 7.40. The summed E-state index contributed by atoms with van der Waals surface area (Å²) in [5.74, 6) is -1.80. The molecule has 0 aliphatic carbocycles. The maximum Gasteiger partial charge on any atom is 0.416 e. The molecule has 186 valence electrons. The van der Waals surface area contributed by atoms with Crippen molar-refractivity contribution >= 4 is 23.6 Å². The second-order valence-electron chi connectivity index (χ2n) is 8.61. The molecule has 1 aromatic carbocycles. The van der Waals surface area contributed by atoms with Crippen LogP contribution in [0.4, 0.5) is 13.2 Å². The van der Waals surface area contributed by atoms with Crippen LogP contribution in [-0.2, 0) is 26.0 Å². The Balaban J connectivity index is 1.56. The lowest BCUT2D eigenvalue weighted by Crippen LogP contribution is -2.52. The molecule has 1 aromatic heterocycles. The SMILES string of the molecule is CCN1C(=O)C[C@](CC(=O)N2CCN(C(=O)c3ccco3)CC2)(c2cccc(C(F)(F)F)c2)C1=O. The average molecular weight is 491 g/mol. The van der Waals surface area contributed by atoms with Crippen molar-refractivity contribution in [2.45, 2.75) is 31.4 Å². The molecular weight excluding hydrogens is 467 g/mol. The topological polar surface area (TPSA) is 91.1 Å². The number of piperazine rings is 1. The molecule has 0 saturated carbocycles. The van der Waals surface area contributed by atoms with Crippen LogP contribution in [0.5, 0.6) is 0 Å². The minimum absolute atomic E-state index is 0.0124. The minimum Gasteiger partial charge on any atom is -0.459 e. The highest BCUT2D eigenvalue weighted by Gasteiger charge is 2.54. The van der Waals surface area contributed by atoms with Crippen molar-refractivity contribution in [3.8, 4) is 0 Å². The Morgan fingerprint density at radius 2 is 1.71 bits per heavy atom. The van der Waals surface area contributed by atoms with Gasteiger partial charge in [0, 0.05) is 45.6 Å². The second-order valence-corrected chi connectivity index (χ2v) is 8.61. The zero-order valence-corrected chi connectivity index (χ0v) is 19.0. The number of imide groups is 1. The molecular formula is C24H24F3N3O5. The van der Waals surface area contributed by atoms with Gasteiger partial charge in [-0.2, -0.15) is 13.2 Å². The standard InChI is InChI=1S/C24H24F3N3O5/c1-2-30-20(32)15-23(22(30)34,16-5-3-6-17(13-16)24(25,26)27)14-19(31)28-8-10-29(11-9-28)21(33)18-7-4-12-35-18/h3-7,12-13H,2,8-11,14-15H2,1H3/t23-/m1/s1. The minimum atomic E-state index is -4.64. The van der Waals surface area contributed by atoms with Gasteiger partial charge in [0.05, 0.1) is 17.2 Å². The van der Waals surface area contributed by atoms with Gasteiger partial charge in [0.1, 0.15) is 0 Å². The molecule has 0 bridgehead atoms. The quantitative estimate of drug-likeness (QED) is 0.600. The van der Waals surface area contributed by atoms with Crippen LogP contribution < -0.4 is 0 Å². The first-order valence-corrected chi connectivity index (χ1v) is 11.2. The van der Waals surface area contributed by atoms with Crippen LogP contribution in [0.3, 0.4) is 0 Å². The van der Waals surface area contributed by atoms with E-state index in [1.807, 2.05) is 0 Å². The highest BCUT2D eigenvalue weighted by molar-refractivity contribution is 6.10. The first kappa shape index (κ1) is 24.5. The molecule has 0 unspecified atom stereocenters. The first-order valence-electron chi connectivity index (χ1n) is 11.2. The maximum atomic E-state index is 13.4. The third-order valence-electron chi connectivity index (χ3n) is 6.57. The van der Waals surface area contributed by atoms with Gasteiger partial charge in [-0.3, -0.25) is 24.1 Å². The van der Waals surface area contributed by atoms with Crippen LogP contribution in [0.2, 0.25) is 0 Å². The fourth-order valence-corrected chi connectivity index (χ4v) is 4.66. The molecule has 35 heavy (non-hydrogen) atoms. The second kappa shape index (κ2) is 9.20. The van der Waals surface area contributed by atoms with Gasteiger partial charge in [0.15, 0.2) is 5.76 Å². The number of nitrogens with zero attached hydrogens (tertiary/aromatic N) is 3. The van der Waals surface area contributed by atoms with E-state index in [0.29, 0.717) is 0 Å². The highest BCUT2D eigenvalue weighted by atomic mass is 19.4. The van der Waals surface area contributed by atoms with Crippen LogP contribution in [0.1, 0.15) is 41.4 Å². The number of carbonyl (C=O) groups excluding carboxylic acids is 4. The Hall–Kier alpha value is -3.63. The van der Waals surface area contributed by atoms with Crippen LogP contribution >= 0.6 is 0 Å². The summed E-state index contributed by atoms with van der Waals surface area (Å²) in [6.07, 6.45) is -4.08. The fourth-order valence-electron chi connectivity index (χ4n) is 4.66. The normalized spacial score (nSPS) is 21.1. The number of hydrogen-bond acceptors (Lipinski definition) is 5. The first-order chi connectivity index (χ1) is 16.6. The van der Waals surface area contributed by atoms with Crippen LogP contribution in [0.25, 0.3) is 0 Å². The molecule has 11 heteroatoms. The summed E-state index contributed by atoms with van der Waals surface area (Å²) in [5.41, 5.74) is -2.68. The van der Waals surface area contributed by atoms with Gasteiger partial charge >= 0.3 is 6.18 Å². The van der Waals surface area contributed by atoms with Gasteiger partial charge in [-0.05, 0) is 30.7 Å². The van der Waals surface area contributed by atoms with E-state index in [9.17, 15) is 32.3 Å². The number of carbonyl (C=O) groups is 4. The predicted octanol–water partition coefficient (Wildman–Crippen LogP) is 2.69. The molecule has 4 rings (SSSR count). The average Bonchev–Trinajstić information content (AvgIpc) is 3.45. The zero-order chi connectivity index (χ0) is 25.4. The Labute approximate surface area is 199 Å². The van der Waals surface area contributed by atoms with Gasteiger partial charge in [0.2, 0.25) is 17.7 Å². The molecule has 3 heterocycles.